The lowest BCUT2D eigenvalue weighted by atomic mass is 10.0. The van der Waals surface area contributed by atoms with Gasteiger partial charge in [0.1, 0.15) is 0 Å². The fourth-order valence-corrected chi connectivity index (χ4v) is 1.73. The van der Waals surface area contributed by atoms with Gasteiger partial charge in [0, 0.05) is 26.8 Å². The van der Waals surface area contributed by atoms with Crippen LogP contribution in [0.25, 0.3) is 0 Å². The normalized spacial score (nSPS) is 19.7. The van der Waals surface area contributed by atoms with Crippen LogP contribution in [0.2, 0.25) is 0 Å². The molecule has 1 aliphatic rings. The first-order valence-electron chi connectivity index (χ1n) is 5.59. The Bertz CT molecular complexity index is 281. The average molecular weight is 250 g/mol. The molecule has 1 aliphatic carbocycles. The minimum absolute atomic E-state index is 0.0988. The van der Waals surface area contributed by atoms with Crippen LogP contribution in [0.4, 0.5) is 13.2 Å². The van der Waals surface area contributed by atoms with E-state index in [4.69, 9.17) is 10.00 Å². The Morgan fingerprint density at radius 3 is 2.53 bits per heavy atom. The molecule has 0 aromatic carbocycles. The van der Waals surface area contributed by atoms with E-state index in [9.17, 15) is 13.2 Å². The predicted molar refractivity (Wildman–Crippen MR) is 56.2 cm³/mol. The molecule has 1 N–H and O–H groups in total. The molecule has 0 spiro atoms. The molecular weight excluding hydrogens is 233 g/mol. The third-order valence-corrected chi connectivity index (χ3v) is 3.19. The fraction of sp³-hybridized carbons (Fsp3) is 0.909. The zero-order valence-electron chi connectivity index (χ0n) is 9.81. The lowest BCUT2D eigenvalue weighted by Gasteiger charge is -2.18. The van der Waals surface area contributed by atoms with Gasteiger partial charge in [0.05, 0.1) is 6.07 Å². The standard InChI is InChI=1S/C11H17F3N2O/c1-17-5-4-10(2-3-10)8-16-7-9(6-15)11(12,13)14/h9,16H,2-5,7-8H2,1H3. The molecule has 0 aromatic heterocycles. The van der Waals surface area contributed by atoms with Crippen LogP contribution in [-0.4, -0.2) is 33.0 Å². The van der Waals surface area contributed by atoms with Gasteiger partial charge in [-0.25, -0.2) is 0 Å². The van der Waals surface area contributed by atoms with Gasteiger partial charge in [0.25, 0.3) is 0 Å². The molecular formula is C11H17F3N2O. The van der Waals surface area contributed by atoms with Gasteiger partial charge in [-0.3, -0.25) is 0 Å². The third kappa shape index (κ3) is 4.52. The van der Waals surface area contributed by atoms with Gasteiger partial charge in [0.2, 0.25) is 0 Å². The maximum absolute atomic E-state index is 12.3. The number of nitriles is 1. The number of hydrogen-bond acceptors (Lipinski definition) is 3. The molecule has 0 amide bonds. The van der Waals surface area contributed by atoms with Crippen LogP contribution < -0.4 is 5.32 Å². The molecule has 0 heterocycles. The quantitative estimate of drug-likeness (QED) is 0.752. The molecule has 0 aliphatic heterocycles. The van der Waals surface area contributed by atoms with Gasteiger partial charge < -0.3 is 10.1 Å². The molecule has 17 heavy (non-hydrogen) atoms. The van der Waals surface area contributed by atoms with E-state index >= 15 is 0 Å². The van der Waals surface area contributed by atoms with Crippen molar-refractivity contribution in [2.75, 3.05) is 26.8 Å². The molecule has 0 saturated heterocycles. The first-order valence-corrected chi connectivity index (χ1v) is 5.59. The Morgan fingerprint density at radius 1 is 1.47 bits per heavy atom. The zero-order chi connectivity index (χ0) is 12.9. The van der Waals surface area contributed by atoms with Gasteiger partial charge >= 0.3 is 6.18 Å². The first-order chi connectivity index (χ1) is 7.93. The molecule has 6 heteroatoms. The van der Waals surface area contributed by atoms with Crippen molar-refractivity contribution < 1.29 is 17.9 Å². The van der Waals surface area contributed by atoms with Crippen molar-refractivity contribution >= 4 is 0 Å². The van der Waals surface area contributed by atoms with Gasteiger partial charge in [0.15, 0.2) is 5.92 Å². The van der Waals surface area contributed by atoms with E-state index < -0.39 is 12.1 Å². The summed E-state index contributed by atoms with van der Waals surface area (Å²) in [4.78, 5) is 0. The largest absolute Gasteiger partial charge is 0.405 e. The molecule has 3 nitrogen and oxygen atoms in total. The predicted octanol–water partition coefficient (Wildman–Crippen LogP) is 2.09. The van der Waals surface area contributed by atoms with Crippen LogP contribution in [0.3, 0.4) is 0 Å². The highest BCUT2D eigenvalue weighted by Gasteiger charge is 2.43. The number of ether oxygens (including phenoxy) is 1. The average Bonchev–Trinajstić information content (AvgIpc) is 3.01. The Kier molecular flexibility index (Phi) is 4.78. The Balaban J connectivity index is 2.26. The van der Waals surface area contributed by atoms with E-state index in [0.29, 0.717) is 13.2 Å². The number of halogens is 3. The summed E-state index contributed by atoms with van der Waals surface area (Å²) in [6.45, 7) is 0.835. The van der Waals surface area contributed by atoms with E-state index in [1.165, 1.54) is 6.07 Å². The van der Waals surface area contributed by atoms with Gasteiger partial charge in [-0.1, -0.05) is 0 Å². The summed E-state index contributed by atoms with van der Waals surface area (Å²) in [6, 6.07) is 1.28. The van der Waals surface area contributed by atoms with Gasteiger partial charge in [-0.15, -0.1) is 0 Å². The Hall–Kier alpha value is -0.800. The highest BCUT2D eigenvalue weighted by Crippen LogP contribution is 2.48. The molecule has 1 saturated carbocycles. The maximum atomic E-state index is 12.3. The smallest absolute Gasteiger partial charge is 0.385 e. The van der Waals surface area contributed by atoms with Gasteiger partial charge in [-0.05, 0) is 24.7 Å². The number of hydrogen-bond donors (Lipinski definition) is 1. The zero-order valence-corrected chi connectivity index (χ0v) is 9.81. The summed E-state index contributed by atoms with van der Waals surface area (Å²) in [5, 5.41) is 11.2. The SMILES string of the molecule is COCCC1(CNCC(C#N)C(F)(F)F)CC1. The number of nitrogens with one attached hydrogen (secondary N) is 1. The van der Waals surface area contributed by atoms with Crippen molar-refractivity contribution in [3.05, 3.63) is 0 Å². The van der Waals surface area contributed by atoms with Crippen LogP contribution in [0, 0.1) is 22.7 Å². The van der Waals surface area contributed by atoms with Crippen molar-refractivity contribution in [1.82, 2.24) is 5.32 Å². The molecule has 0 radical (unpaired) electrons. The molecule has 1 unspecified atom stereocenters. The molecule has 1 atom stereocenters. The fourth-order valence-electron chi connectivity index (χ4n) is 1.73. The topological polar surface area (TPSA) is 45.0 Å². The molecule has 0 bridgehead atoms. The van der Waals surface area contributed by atoms with Crippen LogP contribution in [0.15, 0.2) is 0 Å². The highest BCUT2D eigenvalue weighted by molar-refractivity contribution is 4.96. The number of rotatable bonds is 7. The second-order valence-corrected chi connectivity index (χ2v) is 4.60. The van der Waals surface area contributed by atoms with Crippen LogP contribution >= 0.6 is 0 Å². The summed E-state index contributed by atoms with van der Waals surface area (Å²) in [7, 11) is 1.61. The van der Waals surface area contributed by atoms with Crippen molar-refractivity contribution in [2.45, 2.75) is 25.4 Å². The maximum Gasteiger partial charge on any atom is 0.405 e. The number of methoxy groups -OCH3 is 1. The summed E-state index contributed by atoms with van der Waals surface area (Å²) in [6.07, 6.45) is -1.54. The summed E-state index contributed by atoms with van der Waals surface area (Å²) < 4.78 is 41.8. The second-order valence-electron chi connectivity index (χ2n) is 4.60. The molecule has 1 rings (SSSR count). The van der Waals surface area contributed by atoms with Crippen molar-refractivity contribution in [1.29, 1.82) is 5.26 Å². The monoisotopic (exact) mass is 250 g/mol. The van der Waals surface area contributed by atoms with E-state index in [2.05, 4.69) is 5.32 Å². The van der Waals surface area contributed by atoms with Crippen LogP contribution in [0.1, 0.15) is 19.3 Å². The Morgan fingerprint density at radius 2 is 2.12 bits per heavy atom. The van der Waals surface area contributed by atoms with E-state index in [1.54, 1.807) is 7.11 Å². The lowest BCUT2D eigenvalue weighted by molar-refractivity contribution is -0.157. The Labute approximate surface area is 98.9 Å². The number of nitrogens with zero attached hydrogens (tertiary/aromatic N) is 1. The van der Waals surface area contributed by atoms with Gasteiger partial charge in [-0.2, -0.15) is 18.4 Å². The highest BCUT2D eigenvalue weighted by atomic mass is 19.4. The summed E-state index contributed by atoms with van der Waals surface area (Å²) >= 11 is 0. The lowest BCUT2D eigenvalue weighted by Crippen LogP contribution is -2.35. The number of alkyl halides is 3. The molecule has 98 valence electrons. The minimum Gasteiger partial charge on any atom is -0.385 e. The van der Waals surface area contributed by atoms with Crippen LogP contribution in [0.5, 0.6) is 0 Å². The minimum atomic E-state index is -4.44. The van der Waals surface area contributed by atoms with E-state index in [-0.39, 0.29) is 12.0 Å². The third-order valence-electron chi connectivity index (χ3n) is 3.19. The van der Waals surface area contributed by atoms with E-state index in [1.807, 2.05) is 0 Å². The molecule has 1 fully saturated rings. The van der Waals surface area contributed by atoms with Crippen molar-refractivity contribution in [3.63, 3.8) is 0 Å². The van der Waals surface area contributed by atoms with Crippen molar-refractivity contribution in [2.24, 2.45) is 11.3 Å². The molecule has 0 aromatic rings. The van der Waals surface area contributed by atoms with Crippen LogP contribution in [-0.2, 0) is 4.74 Å². The summed E-state index contributed by atoms with van der Waals surface area (Å²) in [5.74, 6) is -1.92. The first kappa shape index (κ1) is 14.3. The second kappa shape index (κ2) is 5.69. The van der Waals surface area contributed by atoms with E-state index in [0.717, 1.165) is 19.3 Å². The van der Waals surface area contributed by atoms with Crippen molar-refractivity contribution in [3.8, 4) is 6.07 Å². The summed E-state index contributed by atoms with van der Waals surface area (Å²) in [5.41, 5.74) is 0.0988.